The van der Waals surface area contributed by atoms with Gasteiger partial charge in [0, 0.05) is 9.79 Å². The third-order valence-corrected chi connectivity index (χ3v) is 4.54. The van der Waals surface area contributed by atoms with Crippen molar-refractivity contribution in [2.75, 3.05) is 0 Å². The summed E-state index contributed by atoms with van der Waals surface area (Å²) < 4.78 is 0. The molecule has 0 aromatic heterocycles. The molecule has 0 spiro atoms. The van der Waals surface area contributed by atoms with Crippen LogP contribution >= 0.6 is 11.8 Å². The van der Waals surface area contributed by atoms with Crippen LogP contribution in [0.4, 0.5) is 0 Å². The third-order valence-electron chi connectivity index (χ3n) is 3.29. The molecule has 98 valence electrons. The quantitative estimate of drug-likeness (QED) is 0.581. The van der Waals surface area contributed by atoms with Crippen molar-refractivity contribution in [1.29, 1.82) is 0 Å². The first-order chi connectivity index (χ1) is 9.84. The molecule has 0 radical (unpaired) electrons. The molecule has 0 amide bonds. The molecule has 0 heterocycles. The van der Waals surface area contributed by atoms with E-state index in [1.807, 2.05) is 11.8 Å². The molecule has 0 atom stereocenters. The summed E-state index contributed by atoms with van der Waals surface area (Å²) in [7, 11) is 0. The van der Waals surface area contributed by atoms with Crippen LogP contribution in [-0.2, 0) is 0 Å². The minimum absolute atomic E-state index is 1.27. The van der Waals surface area contributed by atoms with Crippen LogP contribution in [0.5, 0.6) is 0 Å². The van der Waals surface area contributed by atoms with Gasteiger partial charge in [-0.15, -0.1) is 0 Å². The van der Waals surface area contributed by atoms with Gasteiger partial charge in [-0.05, 0) is 35.7 Å². The Morgan fingerprint density at radius 3 is 1.95 bits per heavy atom. The molecule has 0 unspecified atom stereocenters. The molecule has 0 N–H and O–H groups in total. The van der Waals surface area contributed by atoms with Crippen molar-refractivity contribution < 1.29 is 0 Å². The zero-order chi connectivity index (χ0) is 13.8. The van der Waals surface area contributed by atoms with Crippen LogP contribution in [0.3, 0.4) is 0 Å². The standard InChI is InChI=1S/C19H16S/c1-15-9-5-7-13-18(15)20-19-14-8-6-12-17(19)16-10-3-2-4-11-16/h2-14H,1H3. The van der Waals surface area contributed by atoms with Crippen molar-refractivity contribution >= 4 is 11.8 Å². The fourth-order valence-corrected chi connectivity index (χ4v) is 3.26. The summed E-state index contributed by atoms with van der Waals surface area (Å²) in [6, 6.07) is 27.7. The van der Waals surface area contributed by atoms with E-state index >= 15 is 0 Å². The Hall–Kier alpha value is -1.99. The number of hydrogen-bond acceptors (Lipinski definition) is 1. The summed E-state index contributed by atoms with van der Waals surface area (Å²) in [6.07, 6.45) is 0. The Morgan fingerprint density at radius 1 is 0.600 bits per heavy atom. The summed E-state index contributed by atoms with van der Waals surface area (Å²) in [5, 5.41) is 0. The Bertz CT molecular complexity index is 702. The van der Waals surface area contributed by atoms with Gasteiger partial charge in [-0.3, -0.25) is 0 Å². The summed E-state index contributed by atoms with van der Waals surface area (Å²) in [6.45, 7) is 2.16. The van der Waals surface area contributed by atoms with E-state index in [1.54, 1.807) is 0 Å². The zero-order valence-electron chi connectivity index (χ0n) is 11.4. The highest BCUT2D eigenvalue weighted by Crippen LogP contribution is 2.36. The van der Waals surface area contributed by atoms with Crippen LogP contribution in [0, 0.1) is 6.92 Å². The lowest BCUT2D eigenvalue weighted by atomic mass is 10.1. The van der Waals surface area contributed by atoms with Crippen molar-refractivity contribution in [3.05, 3.63) is 84.4 Å². The van der Waals surface area contributed by atoms with Gasteiger partial charge >= 0.3 is 0 Å². The second-order valence-corrected chi connectivity index (χ2v) is 5.81. The van der Waals surface area contributed by atoms with E-state index in [0.717, 1.165) is 0 Å². The van der Waals surface area contributed by atoms with Gasteiger partial charge in [0.1, 0.15) is 0 Å². The molecular weight excluding hydrogens is 260 g/mol. The lowest BCUT2D eigenvalue weighted by Gasteiger charge is -2.10. The molecule has 0 nitrogen and oxygen atoms in total. The van der Waals surface area contributed by atoms with E-state index in [9.17, 15) is 0 Å². The lowest BCUT2D eigenvalue weighted by Crippen LogP contribution is -1.83. The van der Waals surface area contributed by atoms with Gasteiger partial charge in [-0.25, -0.2) is 0 Å². The highest BCUT2D eigenvalue weighted by molar-refractivity contribution is 7.99. The highest BCUT2D eigenvalue weighted by atomic mass is 32.2. The van der Waals surface area contributed by atoms with E-state index in [2.05, 4.69) is 85.8 Å². The van der Waals surface area contributed by atoms with Crippen LogP contribution in [0.1, 0.15) is 5.56 Å². The molecule has 0 bridgehead atoms. The summed E-state index contributed by atoms with van der Waals surface area (Å²) in [4.78, 5) is 2.61. The molecule has 0 aliphatic carbocycles. The van der Waals surface area contributed by atoms with Gasteiger partial charge in [0.2, 0.25) is 0 Å². The van der Waals surface area contributed by atoms with Gasteiger partial charge < -0.3 is 0 Å². The van der Waals surface area contributed by atoms with Crippen molar-refractivity contribution in [3.8, 4) is 11.1 Å². The molecule has 3 aromatic carbocycles. The number of aryl methyl sites for hydroxylation is 1. The fourth-order valence-electron chi connectivity index (χ4n) is 2.20. The first-order valence-electron chi connectivity index (χ1n) is 6.72. The number of rotatable bonds is 3. The predicted octanol–water partition coefficient (Wildman–Crippen LogP) is 5.81. The van der Waals surface area contributed by atoms with E-state index < -0.39 is 0 Å². The maximum Gasteiger partial charge on any atom is 0.0200 e. The smallest absolute Gasteiger partial charge is 0.0200 e. The summed E-state index contributed by atoms with van der Waals surface area (Å²) in [5.74, 6) is 0. The molecule has 0 aliphatic heterocycles. The molecule has 1 heteroatoms. The second kappa shape index (κ2) is 5.98. The van der Waals surface area contributed by atoms with Gasteiger partial charge in [0.25, 0.3) is 0 Å². The average Bonchev–Trinajstić information content (AvgIpc) is 2.51. The average molecular weight is 276 g/mol. The van der Waals surface area contributed by atoms with E-state index in [-0.39, 0.29) is 0 Å². The second-order valence-electron chi connectivity index (χ2n) is 4.73. The van der Waals surface area contributed by atoms with Gasteiger partial charge in [-0.1, -0.05) is 78.5 Å². The lowest BCUT2D eigenvalue weighted by molar-refractivity contribution is 1.29. The minimum Gasteiger partial charge on any atom is -0.0892 e. The number of benzene rings is 3. The molecule has 3 rings (SSSR count). The van der Waals surface area contributed by atoms with Gasteiger partial charge in [0.15, 0.2) is 0 Å². The van der Waals surface area contributed by atoms with Crippen LogP contribution in [0.15, 0.2) is 88.7 Å². The minimum atomic E-state index is 1.27. The SMILES string of the molecule is Cc1ccccc1Sc1ccccc1-c1ccccc1. The molecule has 0 fully saturated rings. The van der Waals surface area contributed by atoms with Crippen molar-refractivity contribution in [2.24, 2.45) is 0 Å². The maximum atomic E-state index is 2.19. The van der Waals surface area contributed by atoms with Crippen molar-refractivity contribution in [1.82, 2.24) is 0 Å². The van der Waals surface area contributed by atoms with Crippen LogP contribution in [0.2, 0.25) is 0 Å². The summed E-state index contributed by atoms with van der Waals surface area (Å²) >= 11 is 1.84. The van der Waals surface area contributed by atoms with E-state index in [1.165, 1.54) is 26.5 Å². The zero-order valence-corrected chi connectivity index (χ0v) is 12.2. The van der Waals surface area contributed by atoms with Gasteiger partial charge in [0.05, 0.1) is 0 Å². The van der Waals surface area contributed by atoms with Crippen molar-refractivity contribution in [3.63, 3.8) is 0 Å². The van der Waals surface area contributed by atoms with Crippen LogP contribution in [-0.4, -0.2) is 0 Å². The normalized spacial score (nSPS) is 10.4. The third kappa shape index (κ3) is 2.78. The van der Waals surface area contributed by atoms with Crippen LogP contribution < -0.4 is 0 Å². The maximum absolute atomic E-state index is 2.19. The van der Waals surface area contributed by atoms with Gasteiger partial charge in [-0.2, -0.15) is 0 Å². The first-order valence-corrected chi connectivity index (χ1v) is 7.54. The summed E-state index contributed by atoms with van der Waals surface area (Å²) in [5.41, 5.74) is 3.88. The Morgan fingerprint density at radius 2 is 1.20 bits per heavy atom. The Kier molecular flexibility index (Phi) is 3.89. The Labute approximate surface area is 124 Å². The van der Waals surface area contributed by atoms with E-state index in [0.29, 0.717) is 0 Å². The molecule has 3 aromatic rings. The molecule has 0 aliphatic rings. The molecular formula is C19H16S. The largest absolute Gasteiger partial charge is 0.0892 e. The Balaban J connectivity index is 2.01. The molecule has 0 saturated carbocycles. The molecule has 0 saturated heterocycles. The molecule has 20 heavy (non-hydrogen) atoms. The highest BCUT2D eigenvalue weighted by Gasteiger charge is 2.07. The number of hydrogen-bond donors (Lipinski definition) is 0. The fraction of sp³-hybridized carbons (Fsp3) is 0.0526. The van der Waals surface area contributed by atoms with E-state index in [4.69, 9.17) is 0 Å². The van der Waals surface area contributed by atoms with Crippen molar-refractivity contribution in [2.45, 2.75) is 16.7 Å². The monoisotopic (exact) mass is 276 g/mol. The van der Waals surface area contributed by atoms with Crippen LogP contribution in [0.25, 0.3) is 11.1 Å². The predicted molar refractivity (Wildman–Crippen MR) is 87.2 cm³/mol. The topological polar surface area (TPSA) is 0 Å². The first kappa shape index (κ1) is 13.0.